The second-order valence-corrected chi connectivity index (χ2v) is 13.0. The largest absolute Gasteiger partial charge is 0.492 e. The van der Waals surface area contributed by atoms with Crippen LogP contribution in [0.15, 0.2) is 41.0 Å². The van der Waals surface area contributed by atoms with E-state index in [1.807, 2.05) is 65.0 Å². The Balaban J connectivity index is 1.41. The third-order valence-electron chi connectivity index (χ3n) is 8.61. The van der Waals surface area contributed by atoms with E-state index < -0.39 is 5.60 Å². The maximum absolute atomic E-state index is 13.4. The molecule has 0 N–H and O–H groups in total. The van der Waals surface area contributed by atoms with E-state index >= 15 is 0 Å². The highest BCUT2D eigenvalue weighted by Crippen LogP contribution is 2.38. The predicted octanol–water partition coefficient (Wildman–Crippen LogP) is 7.36. The molecule has 8 heteroatoms. The summed E-state index contributed by atoms with van der Waals surface area (Å²) in [4.78, 5) is 41.7. The van der Waals surface area contributed by atoms with Gasteiger partial charge in [-0.15, -0.1) is 0 Å². The van der Waals surface area contributed by atoms with E-state index in [9.17, 15) is 14.4 Å². The topological polar surface area (TPSA) is 89.3 Å². The van der Waals surface area contributed by atoms with Gasteiger partial charge < -0.3 is 23.6 Å². The summed E-state index contributed by atoms with van der Waals surface area (Å²) >= 11 is 0. The lowest BCUT2D eigenvalue weighted by Gasteiger charge is -2.37. The maximum Gasteiger partial charge on any atom is 0.410 e. The number of likely N-dealkylation sites (tertiary alicyclic amines) is 1. The molecule has 8 nitrogen and oxygen atoms in total. The predicted molar refractivity (Wildman–Crippen MR) is 170 cm³/mol. The number of Topliss-reactive ketones (excluding diaryl/α,β-unsaturated/α-hetero) is 2. The standard InChI is InChI=1S/C35H48N2O6/c1-8-23(2)33(39)29(12-9-24(3)38)30-22-42-31-14-10-25-21-27(11-13-28(25)32(30)31)41-20-19-36(7)26-15-17-37(18-16-26)34(40)43-35(4,5)6/h10-11,13-14,21-23,26,29H,8-9,12,15-20H2,1-7H3. The Morgan fingerprint density at radius 3 is 2.49 bits per heavy atom. The van der Waals surface area contributed by atoms with Gasteiger partial charge in [-0.3, -0.25) is 9.69 Å². The van der Waals surface area contributed by atoms with Crippen LogP contribution in [0, 0.1) is 5.92 Å². The van der Waals surface area contributed by atoms with Crippen LogP contribution in [0.3, 0.4) is 0 Å². The molecule has 3 aromatic rings. The van der Waals surface area contributed by atoms with E-state index in [4.69, 9.17) is 13.9 Å². The molecule has 1 saturated heterocycles. The minimum Gasteiger partial charge on any atom is -0.492 e. The van der Waals surface area contributed by atoms with E-state index in [0.29, 0.717) is 38.6 Å². The minimum absolute atomic E-state index is 0.0818. The lowest BCUT2D eigenvalue weighted by atomic mass is 9.83. The van der Waals surface area contributed by atoms with E-state index in [-0.39, 0.29) is 29.5 Å². The normalized spacial score (nSPS) is 16.0. The molecule has 1 fully saturated rings. The molecule has 4 rings (SSSR count). The van der Waals surface area contributed by atoms with Crippen molar-refractivity contribution in [1.29, 1.82) is 0 Å². The fraction of sp³-hybridized carbons (Fsp3) is 0.571. The number of ether oxygens (including phenoxy) is 2. The summed E-state index contributed by atoms with van der Waals surface area (Å²) in [5.41, 5.74) is 1.11. The summed E-state index contributed by atoms with van der Waals surface area (Å²) in [6.07, 6.45) is 4.88. The van der Waals surface area contributed by atoms with Crippen molar-refractivity contribution in [3.8, 4) is 5.75 Å². The van der Waals surface area contributed by atoms with Crippen molar-refractivity contribution in [2.75, 3.05) is 33.3 Å². The van der Waals surface area contributed by atoms with Crippen molar-refractivity contribution in [2.24, 2.45) is 5.92 Å². The van der Waals surface area contributed by atoms with Gasteiger partial charge in [0.2, 0.25) is 0 Å². The molecular formula is C35H48N2O6. The number of piperidine rings is 1. The van der Waals surface area contributed by atoms with Gasteiger partial charge in [0, 0.05) is 54.9 Å². The molecule has 1 amide bonds. The zero-order chi connectivity index (χ0) is 31.3. The first-order chi connectivity index (χ1) is 20.4. The number of hydrogen-bond acceptors (Lipinski definition) is 7. The van der Waals surface area contributed by atoms with Crippen molar-refractivity contribution in [3.05, 3.63) is 42.2 Å². The SMILES string of the molecule is CCC(C)C(=O)C(CCC(C)=O)c1coc2ccc3cc(OCCN(C)C4CCN(C(=O)OC(C)(C)C)CC4)ccc3c12. The van der Waals surface area contributed by atoms with Crippen molar-refractivity contribution in [2.45, 2.75) is 91.2 Å². The third-order valence-corrected chi connectivity index (χ3v) is 8.61. The van der Waals surface area contributed by atoms with Crippen molar-refractivity contribution in [1.82, 2.24) is 9.80 Å². The van der Waals surface area contributed by atoms with Crippen LogP contribution in [-0.2, 0) is 14.3 Å². The van der Waals surface area contributed by atoms with E-state index in [2.05, 4.69) is 11.9 Å². The number of furan rings is 1. The molecule has 0 aliphatic carbocycles. The van der Waals surface area contributed by atoms with E-state index in [1.54, 1.807) is 18.1 Å². The average Bonchev–Trinajstić information content (AvgIpc) is 3.40. The number of ketones is 2. The lowest BCUT2D eigenvalue weighted by Crippen LogP contribution is -2.47. The van der Waals surface area contributed by atoms with Gasteiger partial charge in [-0.2, -0.15) is 0 Å². The molecule has 0 radical (unpaired) electrons. The number of carbonyl (C=O) groups is 3. The van der Waals surface area contributed by atoms with E-state index in [0.717, 1.165) is 58.9 Å². The van der Waals surface area contributed by atoms with Gasteiger partial charge >= 0.3 is 6.09 Å². The zero-order valence-corrected chi connectivity index (χ0v) is 26.9. The molecule has 43 heavy (non-hydrogen) atoms. The van der Waals surface area contributed by atoms with Crippen LogP contribution >= 0.6 is 0 Å². The number of hydrogen-bond donors (Lipinski definition) is 0. The van der Waals surface area contributed by atoms with Gasteiger partial charge in [-0.05, 0) is 95.5 Å². The Labute approximate surface area is 255 Å². The molecule has 234 valence electrons. The minimum atomic E-state index is -0.483. The van der Waals surface area contributed by atoms with Crippen molar-refractivity contribution >= 4 is 39.4 Å². The first-order valence-corrected chi connectivity index (χ1v) is 15.7. The second kappa shape index (κ2) is 13.9. The second-order valence-electron chi connectivity index (χ2n) is 13.0. The molecule has 1 aliphatic heterocycles. The van der Waals surface area contributed by atoms with Crippen LogP contribution in [0.5, 0.6) is 5.75 Å². The summed E-state index contributed by atoms with van der Waals surface area (Å²) < 4.78 is 17.6. The highest BCUT2D eigenvalue weighted by molar-refractivity contribution is 6.09. The van der Waals surface area contributed by atoms with Crippen LogP contribution in [-0.4, -0.2) is 72.4 Å². The molecular weight excluding hydrogens is 544 g/mol. The summed E-state index contributed by atoms with van der Waals surface area (Å²) in [5.74, 6) is 0.552. The number of benzene rings is 2. The van der Waals surface area contributed by atoms with Crippen LogP contribution in [0.25, 0.3) is 21.7 Å². The first kappa shape index (κ1) is 32.5. The highest BCUT2D eigenvalue weighted by atomic mass is 16.6. The molecule has 2 aromatic carbocycles. The average molecular weight is 593 g/mol. The van der Waals surface area contributed by atoms with Gasteiger partial charge in [0.05, 0.1) is 6.26 Å². The van der Waals surface area contributed by atoms with Crippen molar-refractivity contribution in [3.63, 3.8) is 0 Å². The molecule has 2 atom stereocenters. The number of rotatable bonds is 12. The Bertz CT molecular complexity index is 1430. The quantitative estimate of drug-likeness (QED) is 0.217. The summed E-state index contributed by atoms with van der Waals surface area (Å²) in [6, 6.07) is 10.4. The zero-order valence-electron chi connectivity index (χ0n) is 26.9. The fourth-order valence-corrected chi connectivity index (χ4v) is 5.86. The smallest absolute Gasteiger partial charge is 0.410 e. The Hall–Kier alpha value is -3.39. The Kier molecular flexibility index (Phi) is 10.5. The third kappa shape index (κ3) is 8.17. The summed E-state index contributed by atoms with van der Waals surface area (Å²) in [6.45, 7) is 13.9. The molecule has 1 aliphatic rings. The Morgan fingerprint density at radius 2 is 1.84 bits per heavy atom. The lowest BCUT2D eigenvalue weighted by molar-refractivity contribution is -0.124. The molecule has 2 heterocycles. The number of likely N-dealkylation sites (N-methyl/N-ethyl adjacent to an activating group) is 1. The van der Waals surface area contributed by atoms with E-state index in [1.165, 1.54) is 0 Å². The number of fused-ring (bicyclic) bond motifs is 3. The number of amides is 1. The van der Waals surface area contributed by atoms with Crippen molar-refractivity contribution < 1.29 is 28.3 Å². The van der Waals surface area contributed by atoms with Crippen LogP contribution in [0.2, 0.25) is 0 Å². The highest BCUT2D eigenvalue weighted by Gasteiger charge is 2.30. The molecule has 0 spiro atoms. The van der Waals surface area contributed by atoms with Crippen LogP contribution < -0.4 is 4.74 Å². The monoisotopic (exact) mass is 592 g/mol. The molecule has 2 unspecified atom stereocenters. The summed E-state index contributed by atoms with van der Waals surface area (Å²) in [7, 11) is 2.11. The molecule has 1 aromatic heterocycles. The van der Waals surface area contributed by atoms with Crippen LogP contribution in [0.1, 0.15) is 85.1 Å². The van der Waals surface area contributed by atoms with Gasteiger partial charge in [0.1, 0.15) is 35.1 Å². The Morgan fingerprint density at radius 1 is 1.12 bits per heavy atom. The number of nitrogens with zero attached hydrogens (tertiary/aromatic N) is 2. The van der Waals surface area contributed by atoms with Gasteiger partial charge in [-0.25, -0.2) is 4.79 Å². The molecule has 0 saturated carbocycles. The summed E-state index contributed by atoms with van der Waals surface area (Å²) in [5, 5.41) is 2.95. The van der Waals surface area contributed by atoms with Gasteiger partial charge in [0.15, 0.2) is 0 Å². The van der Waals surface area contributed by atoms with Gasteiger partial charge in [0.25, 0.3) is 0 Å². The maximum atomic E-state index is 13.4. The number of carbonyl (C=O) groups excluding carboxylic acids is 3. The molecule has 0 bridgehead atoms. The fourth-order valence-electron chi connectivity index (χ4n) is 5.86. The van der Waals surface area contributed by atoms with Gasteiger partial charge in [-0.1, -0.05) is 19.9 Å². The van der Waals surface area contributed by atoms with Crippen LogP contribution in [0.4, 0.5) is 4.79 Å². The first-order valence-electron chi connectivity index (χ1n) is 15.7.